The molecule has 2 N–H and O–H groups in total. The summed E-state index contributed by atoms with van der Waals surface area (Å²) in [5, 5.41) is 13.8. The zero-order valence-corrected chi connectivity index (χ0v) is 18.4. The number of carbonyl (C=O) groups excluding carboxylic acids is 3. The van der Waals surface area contributed by atoms with Gasteiger partial charge in [0.1, 0.15) is 23.7 Å². The second kappa shape index (κ2) is 9.31. The first-order valence-electron chi connectivity index (χ1n) is 10.1. The molecule has 0 radical (unpaired) electrons. The number of carbonyl (C=O) groups is 4. The van der Waals surface area contributed by atoms with E-state index in [1.807, 2.05) is 17.5 Å². The number of rotatable bonds is 6. The average Bonchev–Trinajstić information content (AvgIpc) is 3.28. The van der Waals surface area contributed by atoms with E-state index in [4.69, 9.17) is 4.74 Å². The number of carboxylic acids is 1. The first-order valence-corrected chi connectivity index (χ1v) is 12.0. The molecule has 1 aromatic rings. The van der Waals surface area contributed by atoms with Crippen molar-refractivity contribution in [2.75, 3.05) is 25.4 Å². The zero-order chi connectivity index (χ0) is 22.0. The molecular weight excluding hydrogens is 442 g/mol. The minimum atomic E-state index is -1.24. The molecule has 4 heterocycles. The van der Waals surface area contributed by atoms with Crippen molar-refractivity contribution in [3.8, 4) is 0 Å². The molecule has 11 heteroatoms. The van der Waals surface area contributed by atoms with Gasteiger partial charge in [-0.05, 0) is 30.7 Å². The van der Waals surface area contributed by atoms with Gasteiger partial charge in [0.25, 0.3) is 5.91 Å². The van der Waals surface area contributed by atoms with Crippen LogP contribution in [-0.4, -0.2) is 75.6 Å². The van der Waals surface area contributed by atoms with E-state index in [0.717, 1.165) is 24.1 Å². The molecule has 9 nitrogen and oxygen atoms in total. The maximum Gasteiger partial charge on any atom is 0.410 e. The lowest BCUT2D eigenvalue weighted by atomic mass is 10.0. The van der Waals surface area contributed by atoms with Crippen LogP contribution in [0, 0.1) is 0 Å². The number of thiophene rings is 1. The van der Waals surface area contributed by atoms with Gasteiger partial charge in [0.05, 0.1) is 6.42 Å². The third-order valence-electron chi connectivity index (χ3n) is 5.47. The first kappa shape index (κ1) is 21.7. The Balaban J connectivity index is 1.39. The number of nitrogens with one attached hydrogen (secondary N) is 1. The summed E-state index contributed by atoms with van der Waals surface area (Å²) in [6.07, 6.45) is 2.66. The Hall–Kier alpha value is -2.53. The molecule has 2 fully saturated rings. The molecule has 0 saturated carbocycles. The molecule has 2 saturated heterocycles. The van der Waals surface area contributed by atoms with Gasteiger partial charge in [0.15, 0.2) is 0 Å². The molecule has 3 aliphatic rings. The number of likely N-dealkylation sites (tertiary alicyclic amines) is 1. The monoisotopic (exact) mass is 465 g/mol. The standard InChI is InChI=1S/C20H23N3O6S2/c24-14(9-13-5-4-8-30-13)21-15-17(25)23-16(19(26)27)12(11-31-18(15)23)10-29-20(28)22-6-2-1-3-7-22/h4-5,8,15,18H,1-3,6-7,9-11H2,(H,21,24)(H,26,27)/t15-,18-/m1/s1. The quantitative estimate of drug-likeness (QED) is 0.614. The van der Waals surface area contributed by atoms with Crippen molar-refractivity contribution in [2.45, 2.75) is 37.1 Å². The zero-order valence-electron chi connectivity index (χ0n) is 16.7. The molecule has 3 amide bonds. The van der Waals surface area contributed by atoms with Crippen LogP contribution < -0.4 is 5.32 Å². The highest BCUT2D eigenvalue weighted by Gasteiger charge is 2.54. The highest BCUT2D eigenvalue weighted by Crippen LogP contribution is 2.40. The van der Waals surface area contributed by atoms with Gasteiger partial charge in [-0.3, -0.25) is 14.5 Å². The van der Waals surface area contributed by atoms with Crippen LogP contribution in [0.1, 0.15) is 24.1 Å². The van der Waals surface area contributed by atoms with Gasteiger partial charge in [-0.1, -0.05) is 6.07 Å². The fraction of sp³-hybridized carbons (Fsp3) is 0.500. The smallest absolute Gasteiger partial charge is 0.410 e. The van der Waals surface area contributed by atoms with E-state index in [-0.39, 0.29) is 24.6 Å². The van der Waals surface area contributed by atoms with Crippen molar-refractivity contribution in [3.63, 3.8) is 0 Å². The molecule has 0 aromatic carbocycles. The maximum atomic E-state index is 12.7. The summed E-state index contributed by atoms with van der Waals surface area (Å²) in [4.78, 5) is 52.8. The number of hydrogen-bond donors (Lipinski definition) is 2. The molecule has 0 aliphatic carbocycles. The SMILES string of the molecule is O=C(Cc1cccs1)N[C@@H]1C(=O)N2C(C(=O)O)=C(COC(=O)N3CCCCC3)CS[C@H]12. The molecule has 1 aromatic heterocycles. The molecule has 0 bridgehead atoms. The van der Waals surface area contributed by atoms with Crippen molar-refractivity contribution in [3.05, 3.63) is 33.7 Å². The minimum Gasteiger partial charge on any atom is -0.477 e. The van der Waals surface area contributed by atoms with Crippen LogP contribution in [0.5, 0.6) is 0 Å². The molecule has 0 unspecified atom stereocenters. The molecule has 166 valence electrons. The Morgan fingerprint density at radius 3 is 2.68 bits per heavy atom. The number of ether oxygens (including phenoxy) is 1. The van der Waals surface area contributed by atoms with Crippen LogP contribution in [0.2, 0.25) is 0 Å². The fourth-order valence-corrected chi connectivity index (χ4v) is 5.94. The molecule has 4 rings (SSSR count). The van der Waals surface area contributed by atoms with Gasteiger partial charge in [-0.2, -0.15) is 0 Å². The number of thioether (sulfide) groups is 1. The number of carboxylic acid groups (broad SMARTS) is 1. The second-order valence-electron chi connectivity index (χ2n) is 7.57. The lowest BCUT2D eigenvalue weighted by Gasteiger charge is -2.49. The summed E-state index contributed by atoms with van der Waals surface area (Å²) >= 11 is 2.82. The number of fused-ring (bicyclic) bond motifs is 1. The van der Waals surface area contributed by atoms with Gasteiger partial charge in [-0.15, -0.1) is 23.1 Å². The third-order valence-corrected chi connectivity index (χ3v) is 7.68. The lowest BCUT2D eigenvalue weighted by molar-refractivity contribution is -0.150. The molecular formula is C20H23N3O6S2. The average molecular weight is 466 g/mol. The molecule has 3 aliphatic heterocycles. The first-order chi connectivity index (χ1) is 15.0. The van der Waals surface area contributed by atoms with Crippen molar-refractivity contribution in [1.29, 1.82) is 0 Å². The van der Waals surface area contributed by atoms with E-state index < -0.39 is 29.4 Å². The Morgan fingerprint density at radius 1 is 1.23 bits per heavy atom. The summed E-state index contributed by atoms with van der Waals surface area (Å²) in [5.74, 6) is -1.68. The van der Waals surface area contributed by atoms with Crippen molar-refractivity contribution in [1.82, 2.24) is 15.1 Å². The van der Waals surface area contributed by atoms with Crippen molar-refractivity contribution >= 4 is 47.0 Å². The van der Waals surface area contributed by atoms with Crippen molar-refractivity contribution in [2.24, 2.45) is 0 Å². The summed E-state index contributed by atoms with van der Waals surface area (Å²) in [6, 6.07) is 2.94. The topological polar surface area (TPSA) is 116 Å². The van der Waals surface area contributed by atoms with E-state index in [0.29, 0.717) is 24.4 Å². The largest absolute Gasteiger partial charge is 0.477 e. The van der Waals surface area contributed by atoms with Crippen LogP contribution in [-0.2, 0) is 25.5 Å². The van der Waals surface area contributed by atoms with E-state index in [9.17, 15) is 24.3 Å². The second-order valence-corrected chi connectivity index (χ2v) is 9.71. The molecule has 2 atom stereocenters. The summed E-state index contributed by atoms with van der Waals surface area (Å²) in [6.45, 7) is 1.10. The number of hydrogen-bond acceptors (Lipinski definition) is 7. The van der Waals surface area contributed by atoms with Crippen LogP contribution in [0.25, 0.3) is 0 Å². The van der Waals surface area contributed by atoms with E-state index in [1.165, 1.54) is 28.0 Å². The third kappa shape index (κ3) is 4.57. The van der Waals surface area contributed by atoms with Gasteiger partial charge in [0, 0.05) is 29.3 Å². The van der Waals surface area contributed by atoms with Crippen LogP contribution in [0.4, 0.5) is 4.79 Å². The van der Waals surface area contributed by atoms with Crippen LogP contribution in [0.15, 0.2) is 28.8 Å². The fourth-order valence-electron chi connectivity index (χ4n) is 3.91. The predicted molar refractivity (Wildman–Crippen MR) is 114 cm³/mol. The van der Waals surface area contributed by atoms with Crippen LogP contribution in [0.3, 0.4) is 0 Å². The Morgan fingerprint density at radius 2 is 2.00 bits per heavy atom. The summed E-state index contributed by atoms with van der Waals surface area (Å²) in [5.41, 5.74) is 0.236. The minimum absolute atomic E-state index is 0.149. The summed E-state index contributed by atoms with van der Waals surface area (Å²) in [7, 11) is 0. The number of piperidine rings is 1. The Labute approximate surface area is 187 Å². The van der Waals surface area contributed by atoms with Gasteiger partial charge >= 0.3 is 12.1 Å². The number of β-lactam (4-membered cyclic amide) rings is 1. The number of aliphatic carboxylic acids is 1. The van der Waals surface area contributed by atoms with Crippen molar-refractivity contribution < 1.29 is 29.0 Å². The summed E-state index contributed by atoms with van der Waals surface area (Å²) < 4.78 is 5.34. The highest BCUT2D eigenvalue weighted by molar-refractivity contribution is 8.00. The molecule has 31 heavy (non-hydrogen) atoms. The molecule has 0 spiro atoms. The highest BCUT2D eigenvalue weighted by atomic mass is 32.2. The van der Waals surface area contributed by atoms with Gasteiger partial charge in [-0.25, -0.2) is 9.59 Å². The predicted octanol–water partition coefficient (Wildman–Crippen LogP) is 1.65. The van der Waals surface area contributed by atoms with Crippen LogP contribution >= 0.6 is 23.1 Å². The van der Waals surface area contributed by atoms with E-state index in [2.05, 4.69) is 5.32 Å². The Kier molecular flexibility index (Phi) is 6.51. The van der Waals surface area contributed by atoms with E-state index in [1.54, 1.807) is 4.90 Å². The normalized spacial score (nSPS) is 23.2. The van der Waals surface area contributed by atoms with Gasteiger partial charge in [0.2, 0.25) is 5.91 Å². The number of amides is 3. The lowest BCUT2D eigenvalue weighted by Crippen LogP contribution is -2.70. The Bertz CT molecular complexity index is 910. The van der Waals surface area contributed by atoms with E-state index >= 15 is 0 Å². The number of nitrogens with zero attached hydrogens (tertiary/aromatic N) is 2. The maximum absolute atomic E-state index is 12.7. The van der Waals surface area contributed by atoms with Gasteiger partial charge < -0.3 is 20.1 Å².